The summed E-state index contributed by atoms with van der Waals surface area (Å²) in [6, 6.07) is 12.9. The summed E-state index contributed by atoms with van der Waals surface area (Å²) >= 11 is 0. The van der Waals surface area contributed by atoms with Crippen LogP contribution < -0.4 is 20.1 Å². The predicted octanol–water partition coefficient (Wildman–Crippen LogP) is 4.65. The Kier molecular flexibility index (Phi) is 7.30. The van der Waals surface area contributed by atoms with E-state index in [1.165, 1.54) is 18.4 Å². The van der Waals surface area contributed by atoms with Crippen molar-refractivity contribution in [1.82, 2.24) is 15.5 Å². The third-order valence-electron chi connectivity index (χ3n) is 7.95. The van der Waals surface area contributed by atoms with Crippen LogP contribution in [0.3, 0.4) is 0 Å². The number of hydrogen-bond donors (Lipinski definition) is 2. The first-order valence-electron chi connectivity index (χ1n) is 13.4. The topological polar surface area (TPSA) is 62.8 Å². The molecule has 188 valence electrons. The molecule has 5 rings (SSSR count). The zero-order valence-corrected chi connectivity index (χ0v) is 21.3. The molecule has 2 N–H and O–H groups in total. The number of rotatable bonds is 7. The Labute approximate surface area is 209 Å². The minimum absolute atomic E-state index is 0.0804. The van der Waals surface area contributed by atoms with E-state index < -0.39 is 0 Å². The second-order valence-corrected chi connectivity index (χ2v) is 10.1. The molecule has 2 aromatic carbocycles. The van der Waals surface area contributed by atoms with Crippen molar-refractivity contribution in [2.75, 3.05) is 32.8 Å². The van der Waals surface area contributed by atoms with Crippen LogP contribution in [-0.4, -0.2) is 49.7 Å². The van der Waals surface area contributed by atoms with Gasteiger partial charge in [-0.3, -0.25) is 9.69 Å². The SMILES string of the molecule is CCOc1cc2c(c(C(=O)N[C@H](C)c3ccccc3)c1OCC)[C@@H]1C[C@@H]3NCCC[C@@H]3CN1CC2. The molecule has 6 nitrogen and oxygen atoms in total. The molecule has 2 fully saturated rings. The quantitative estimate of drug-likeness (QED) is 0.608. The lowest BCUT2D eigenvalue weighted by atomic mass is 9.76. The lowest BCUT2D eigenvalue weighted by Gasteiger charge is -2.49. The van der Waals surface area contributed by atoms with Crippen molar-refractivity contribution in [2.45, 2.75) is 64.6 Å². The maximum absolute atomic E-state index is 14.0. The molecule has 3 aliphatic heterocycles. The van der Waals surface area contributed by atoms with E-state index >= 15 is 0 Å². The van der Waals surface area contributed by atoms with Gasteiger partial charge in [0.05, 0.1) is 24.8 Å². The third kappa shape index (κ3) is 4.78. The second kappa shape index (κ2) is 10.6. The molecule has 6 heteroatoms. The summed E-state index contributed by atoms with van der Waals surface area (Å²) in [5.41, 5.74) is 4.12. The minimum atomic E-state index is -0.111. The molecule has 2 saturated heterocycles. The van der Waals surface area contributed by atoms with Crippen molar-refractivity contribution in [2.24, 2.45) is 5.92 Å². The first-order valence-corrected chi connectivity index (χ1v) is 13.4. The zero-order valence-electron chi connectivity index (χ0n) is 21.3. The molecule has 3 heterocycles. The Morgan fingerprint density at radius 2 is 2.00 bits per heavy atom. The number of carbonyl (C=O) groups is 1. The van der Waals surface area contributed by atoms with Crippen LogP contribution in [0.5, 0.6) is 11.5 Å². The molecule has 0 bridgehead atoms. The van der Waals surface area contributed by atoms with E-state index in [1.54, 1.807) is 0 Å². The van der Waals surface area contributed by atoms with E-state index in [2.05, 4.69) is 33.7 Å². The van der Waals surface area contributed by atoms with Crippen LogP contribution in [-0.2, 0) is 6.42 Å². The van der Waals surface area contributed by atoms with Gasteiger partial charge in [-0.15, -0.1) is 0 Å². The Balaban J connectivity index is 1.57. The lowest BCUT2D eigenvalue weighted by Crippen LogP contribution is -2.55. The van der Waals surface area contributed by atoms with Gasteiger partial charge in [-0.2, -0.15) is 0 Å². The van der Waals surface area contributed by atoms with Crippen LogP contribution in [0, 0.1) is 5.92 Å². The van der Waals surface area contributed by atoms with Crippen LogP contribution in [0.2, 0.25) is 0 Å². The summed E-state index contributed by atoms with van der Waals surface area (Å²) in [5.74, 6) is 1.89. The maximum Gasteiger partial charge on any atom is 0.256 e. The summed E-state index contributed by atoms with van der Waals surface area (Å²) in [7, 11) is 0. The summed E-state index contributed by atoms with van der Waals surface area (Å²) in [6.45, 7) is 10.2. The van der Waals surface area contributed by atoms with Crippen molar-refractivity contribution in [3.63, 3.8) is 0 Å². The van der Waals surface area contributed by atoms with E-state index in [9.17, 15) is 4.79 Å². The smallest absolute Gasteiger partial charge is 0.256 e. The van der Waals surface area contributed by atoms with Crippen molar-refractivity contribution < 1.29 is 14.3 Å². The van der Waals surface area contributed by atoms with Gasteiger partial charge in [-0.1, -0.05) is 30.3 Å². The molecule has 0 aromatic heterocycles. The number of ether oxygens (including phenoxy) is 2. The van der Waals surface area contributed by atoms with Crippen LogP contribution >= 0.6 is 0 Å². The number of fused-ring (bicyclic) bond motifs is 4. The Bertz CT molecular complexity index is 1040. The molecule has 0 aliphatic carbocycles. The average Bonchev–Trinajstić information content (AvgIpc) is 2.88. The van der Waals surface area contributed by atoms with Gasteiger partial charge in [0.15, 0.2) is 11.5 Å². The summed E-state index contributed by atoms with van der Waals surface area (Å²) in [6.07, 6.45) is 4.51. The van der Waals surface area contributed by atoms with Crippen LogP contribution in [0.15, 0.2) is 36.4 Å². The highest BCUT2D eigenvalue weighted by Gasteiger charge is 2.42. The van der Waals surface area contributed by atoms with Crippen molar-refractivity contribution in [1.29, 1.82) is 0 Å². The highest BCUT2D eigenvalue weighted by atomic mass is 16.5. The van der Waals surface area contributed by atoms with Gasteiger partial charge in [0.2, 0.25) is 0 Å². The highest BCUT2D eigenvalue weighted by Crippen LogP contribution is 2.47. The fourth-order valence-electron chi connectivity index (χ4n) is 6.31. The average molecular weight is 478 g/mol. The van der Waals surface area contributed by atoms with Gasteiger partial charge in [0.25, 0.3) is 5.91 Å². The van der Waals surface area contributed by atoms with Gasteiger partial charge < -0.3 is 20.1 Å². The molecule has 0 saturated carbocycles. The Morgan fingerprint density at radius 3 is 2.77 bits per heavy atom. The first kappa shape index (κ1) is 24.1. The number of amides is 1. The number of hydrogen-bond acceptors (Lipinski definition) is 5. The lowest BCUT2D eigenvalue weighted by molar-refractivity contribution is 0.0539. The van der Waals surface area contributed by atoms with Crippen LogP contribution in [0.25, 0.3) is 0 Å². The number of carbonyl (C=O) groups excluding carboxylic acids is 1. The van der Waals surface area contributed by atoms with Gasteiger partial charge in [0, 0.05) is 25.2 Å². The molecule has 2 aromatic rings. The first-order chi connectivity index (χ1) is 17.1. The standard InChI is InChI=1S/C29H39N3O3/c1-4-34-25-16-21-13-15-32-18-22-12-9-14-30-23(22)17-24(32)26(21)27(28(25)35-5-2)29(33)31-19(3)20-10-7-6-8-11-20/h6-8,10-11,16,19,22-24,30H,4-5,9,12-15,17-18H2,1-3H3,(H,31,33)/t19-,22-,23+,24+/m1/s1. The van der Waals surface area contributed by atoms with Crippen LogP contribution in [0.4, 0.5) is 0 Å². The molecule has 0 unspecified atom stereocenters. The molecule has 35 heavy (non-hydrogen) atoms. The molecule has 4 atom stereocenters. The Hall–Kier alpha value is -2.57. The number of piperidine rings is 2. The highest BCUT2D eigenvalue weighted by molar-refractivity contribution is 6.00. The van der Waals surface area contributed by atoms with Gasteiger partial charge in [-0.05, 0) is 81.7 Å². The van der Waals surface area contributed by atoms with Gasteiger partial charge in [0.1, 0.15) is 0 Å². The molecule has 0 spiro atoms. The van der Waals surface area contributed by atoms with Crippen LogP contribution in [0.1, 0.15) is 79.2 Å². The van der Waals surface area contributed by atoms with E-state index in [1.807, 2.05) is 39.0 Å². The third-order valence-corrected chi connectivity index (χ3v) is 7.95. The number of benzene rings is 2. The van der Waals surface area contributed by atoms with Gasteiger partial charge in [-0.25, -0.2) is 0 Å². The second-order valence-electron chi connectivity index (χ2n) is 10.1. The summed E-state index contributed by atoms with van der Waals surface area (Å²) in [4.78, 5) is 16.6. The predicted molar refractivity (Wildman–Crippen MR) is 138 cm³/mol. The van der Waals surface area contributed by atoms with E-state index in [4.69, 9.17) is 9.47 Å². The fraction of sp³-hybridized carbons (Fsp3) is 0.552. The molecule has 3 aliphatic rings. The largest absolute Gasteiger partial charge is 0.490 e. The minimum Gasteiger partial charge on any atom is -0.490 e. The van der Waals surface area contributed by atoms with Gasteiger partial charge >= 0.3 is 0 Å². The molecular weight excluding hydrogens is 438 g/mol. The molecular formula is C29H39N3O3. The maximum atomic E-state index is 14.0. The molecule has 0 radical (unpaired) electrons. The number of nitrogens with one attached hydrogen (secondary N) is 2. The Morgan fingerprint density at radius 1 is 1.20 bits per heavy atom. The summed E-state index contributed by atoms with van der Waals surface area (Å²) in [5, 5.41) is 7.05. The van der Waals surface area contributed by atoms with E-state index in [-0.39, 0.29) is 18.0 Å². The number of nitrogens with zero attached hydrogens (tertiary/aromatic N) is 1. The van der Waals surface area contributed by atoms with Crippen molar-refractivity contribution >= 4 is 5.91 Å². The van der Waals surface area contributed by atoms with E-state index in [0.717, 1.165) is 43.6 Å². The zero-order chi connectivity index (χ0) is 24.4. The summed E-state index contributed by atoms with van der Waals surface area (Å²) < 4.78 is 12.2. The van der Waals surface area contributed by atoms with Crippen molar-refractivity contribution in [3.8, 4) is 11.5 Å². The van der Waals surface area contributed by atoms with Crippen molar-refractivity contribution in [3.05, 3.63) is 58.7 Å². The monoisotopic (exact) mass is 477 g/mol. The van der Waals surface area contributed by atoms with E-state index in [0.29, 0.717) is 42.2 Å². The molecule has 1 amide bonds. The normalized spacial score (nSPS) is 24.5. The fourth-order valence-corrected chi connectivity index (χ4v) is 6.31.